The second-order valence-electron chi connectivity index (χ2n) is 6.16. The Labute approximate surface area is 153 Å². The Morgan fingerprint density at radius 2 is 2.12 bits per heavy atom. The molecule has 0 saturated carbocycles. The maximum atomic E-state index is 11.7. The molecular weight excluding hydrogens is 332 g/mol. The Kier molecular flexibility index (Phi) is 6.01. The lowest BCUT2D eigenvalue weighted by atomic mass is 10.2. The van der Waals surface area contributed by atoms with Crippen LogP contribution < -0.4 is 10.6 Å². The summed E-state index contributed by atoms with van der Waals surface area (Å²) >= 11 is 0. The average molecular weight is 356 g/mol. The van der Waals surface area contributed by atoms with Crippen molar-refractivity contribution in [2.45, 2.75) is 32.8 Å². The molecule has 7 nitrogen and oxygen atoms in total. The van der Waals surface area contributed by atoms with Crippen molar-refractivity contribution in [2.75, 3.05) is 30.4 Å². The number of carbonyl (C=O) groups is 1. The third kappa shape index (κ3) is 4.92. The van der Waals surface area contributed by atoms with Gasteiger partial charge < -0.3 is 20.1 Å². The molecule has 1 aromatic heterocycles. The predicted octanol–water partition coefficient (Wildman–Crippen LogP) is 3.30. The van der Waals surface area contributed by atoms with Crippen LogP contribution in [0.25, 0.3) is 0 Å². The average Bonchev–Trinajstić information content (AvgIpc) is 3.14. The number of anilines is 3. The van der Waals surface area contributed by atoms with E-state index in [4.69, 9.17) is 9.47 Å². The highest BCUT2D eigenvalue weighted by molar-refractivity contribution is 5.89. The molecule has 2 aromatic rings. The Morgan fingerprint density at radius 3 is 2.81 bits per heavy atom. The van der Waals surface area contributed by atoms with Gasteiger partial charge in [-0.25, -0.2) is 9.78 Å². The van der Waals surface area contributed by atoms with Gasteiger partial charge in [0.15, 0.2) is 0 Å². The van der Waals surface area contributed by atoms with Crippen molar-refractivity contribution in [1.82, 2.24) is 9.97 Å². The van der Waals surface area contributed by atoms with Gasteiger partial charge in [-0.1, -0.05) is 0 Å². The zero-order valence-corrected chi connectivity index (χ0v) is 15.1. The molecule has 0 bridgehead atoms. The third-order valence-electron chi connectivity index (χ3n) is 4.04. The summed E-state index contributed by atoms with van der Waals surface area (Å²) in [6.07, 6.45) is 2.44. The molecule has 1 aliphatic rings. The van der Waals surface area contributed by atoms with Crippen molar-refractivity contribution in [3.8, 4) is 0 Å². The molecule has 1 fully saturated rings. The van der Waals surface area contributed by atoms with Crippen molar-refractivity contribution in [2.24, 2.45) is 0 Å². The molecule has 0 radical (unpaired) electrons. The maximum absolute atomic E-state index is 11.7. The monoisotopic (exact) mass is 356 g/mol. The lowest BCUT2D eigenvalue weighted by molar-refractivity contribution is 0.0526. The molecule has 1 unspecified atom stereocenters. The van der Waals surface area contributed by atoms with Crippen molar-refractivity contribution in [1.29, 1.82) is 0 Å². The first kappa shape index (κ1) is 18.1. The number of ether oxygens (including phenoxy) is 2. The molecular formula is C19H24N4O3. The summed E-state index contributed by atoms with van der Waals surface area (Å²) in [5, 5.41) is 6.48. The maximum Gasteiger partial charge on any atom is 0.338 e. The van der Waals surface area contributed by atoms with Crippen LogP contribution in [0.5, 0.6) is 0 Å². The first-order valence-corrected chi connectivity index (χ1v) is 8.89. The van der Waals surface area contributed by atoms with Crippen LogP contribution in [0.2, 0.25) is 0 Å². The second-order valence-corrected chi connectivity index (χ2v) is 6.16. The van der Waals surface area contributed by atoms with Gasteiger partial charge in [-0.3, -0.25) is 0 Å². The SMILES string of the molecule is CCOC(=O)c1ccc(Nc2nc(C)cc(NCC3CCCO3)n2)cc1. The van der Waals surface area contributed by atoms with Crippen LogP contribution in [0.15, 0.2) is 30.3 Å². The normalized spacial score (nSPS) is 16.3. The van der Waals surface area contributed by atoms with E-state index in [1.54, 1.807) is 31.2 Å². The second kappa shape index (κ2) is 8.62. The summed E-state index contributed by atoms with van der Waals surface area (Å²) in [6, 6.07) is 8.94. The molecule has 0 amide bonds. The summed E-state index contributed by atoms with van der Waals surface area (Å²) in [4.78, 5) is 20.6. The van der Waals surface area contributed by atoms with Gasteiger partial charge in [-0.2, -0.15) is 4.98 Å². The van der Waals surface area contributed by atoms with E-state index in [0.29, 0.717) is 18.1 Å². The largest absolute Gasteiger partial charge is 0.462 e. The molecule has 1 saturated heterocycles. The molecule has 2 N–H and O–H groups in total. The summed E-state index contributed by atoms with van der Waals surface area (Å²) in [5.74, 6) is 0.939. The van der Waals surface area contributed by atoms with Crippen LogP contribution in [0, 0.1) is 6.92 Å². The minimum absolute atomic E-state index is 0.247. The van der Waals surface area contributed by atoms with Gasteiger partial charge in [0.05, 0.1) is 18.3 Å². The fourth-order valence-corrected chi connectivity index (χ4v) is 2.77. The lowest BCUT2D eigenvalue weighted by Crippen LogP contribution is -2.19. The van der Waals surface area contributed by atoms with E-state index in [0.717, 1.165) is 43.2 Å². The summed E-state index contributed by atoms with van der Waals surface area (Å²) in [5.41, 5.74) is 2.18. The highest BCUT2D eigenvalue weighted by Gasteiger charge is 2.15. The van der Waals surface area contributed by atoms with Gasteiger partial charge in [0.25, 0.3) is 0 Å². The Balaban J connectivity index is 1.64. The highest BCUT2D eigenvalue weighted by atomic mass is 16.5. The smallest absolute Gasteiger partial charge is 0.338 e. The standard InChI is InChI=1S/C19H24N4O3/c1-3-25-18(24)14-6-8-15(9-7-14)22-19-21-13(2)11-17(23-19)20-12-16-5-4-10-26-16/h6-9,11,16H,3-5,10,12H2,1-2H3,(H2,20,21,22,23). The number of nitrogens with zero attached hydrogens (tertiary/aromatic N) is 2. The third-order valence-corrected chi connectivity index (χ3v) is 4.04. The van der Waals surface area contributed by atoms with Gasteiger partial charge in [-0.05, 0) is 51.0 Å². The number of nitrogens with one attached hydrogen (secondary N) is 2. The van der Waals surface area contributed by atoms with Crippen LogP contribution in [0.3, 0.4) is 0 Å². The van der Waals surface area contributed by atoms with Crippen molar-refractivity contribution in [3.63, 3.8) is 0 Å². The topological polar surface area (TPSA) is 85.4 Å². The molecule has 3 rings (SSSR count). The number of aryl methyl sites for hydroxylation is 1. The van der Waals surface area contributed by atoms with Crippen LogP contribution in [0.4, 0.5) is 17.5 Å². The number of hydrogen-bond acceptors (Lipinski definition) is 7. The molecule has 0 aliphatic carbocycles. The number of aromatic nitrogens is 2. The van der Waals surface area contributed by atoms with Crippen LogP contribution in [0.1, 0.15) is 35.8 Å². The van der Waals surface area contributed by atoms with E-state index < -0.39 is 0 Å². The fraction of sp³-hybridized carbons (Fsp3) is 0.421. The quantitative estimate of drug-likeness (QED) is 0.736. The van der Waals surface area contributed by atoms with E-state index in [1.165, 1.54) is 0 Å². The van der Waals surface area contributed by atoms with Crippen LogP contribution in [-0.4, -0.2) is 41.8 Å². The Hall–Kier alpha value is -2.67. The highest BCUT2D eigenvalue weighted by Crippen LogP contribution is 2.18. The summed E-state index contributed by atoms with van der Waals surface area (Å²) in [6.45, 7) is 5.65. The molecule has 0 spiro atoms. The lowest BCUT2D eigenvalue weighted by Gasteiger charge is -2.13. The van der Waals surface area contributed by atoms with E-state index >= 15 is 0 Å². The van der Waals surface area contributed by atoms with E-state index in [-0.39, 0.29) is 12.1 Å². The number of esters is 1. The molecule has 138 valence electrons. The van der Waals surface area contributed by atoms with E-state index in [2.05, 4.69) is 20.6 Å². The first-order chi connectivity index (χ1) is 12.6. The van der Waals surface area contributed by atoms with Crippen molar-refractivity contribution >= 4 is 23.4 Å². The number of carbonyl (C=O) groups excluding carboxylic acids is 1. The molecule has 26 heavy (non-hydrogen) atoms. The summed E-state index contributed by atoms with van der Waals surface area (Å²) in [7, 11) is 0. The zero-order chi connectivity index (χ0) is 18.4. The van der Waals surface area contributed by atoms with Crippen LogP contribution >= 0.6 is 0 Å². The Morgan fingerprint density at radius 1 is 1.31 bits per heavy atom. The number of benzene rings is 1. The van der Waals surface area contributed by atoms with E-state index in [9.17, 15) is 4.79 Å². The predicted molar refractivity (Wildman–Crippen MR) is 99.9 cm³/mol. The minimum Gasteiger partial charge on any atom is -0.462 e. The van der Waals surface area contributed by atoms with E-state index in [1.807, 2.05) is 13.0 Å². The number of rotatable bonds is 7. The zero-order valence-electron chi connectivity index (χ0n) is 15.1. The Bertz CT molecular complexity index is 743. The van der Waals surface area contributed by atoms with Gasteiger partial charge >= 0.3 is 5.97 Å². The summed E-state index contributed by atoms with van der Waals surface area (Å²) < 4.78 is 10.6. The molecule has 1 atom stereocenters. The van der Waals surface area contributed by atoms with Gasteiger partial charge in [0.1, 0.15) is 5.82 Å². The number of hydrogen-bond donors (Lipinski definition) is 2. The molecule has 7 heteroatoms. The molecule has 1 aliphatic heterocycles. The van der Waals surface area contributed by atoms with Crippen molar-refractivity contribution in [3.05, 3.63) is 41.6 Å². The fourth-order valence-electron chi connectivity index (χ4n) is 2.77. The minimum atomic E-state index is -0.327. The molecule has 1 aromatic carbocycles. The first-order valence-electron chi connectivity index (χ1n) is 8.89. The van der Waals surface area contributed by atoms with Gasteiger partial charge in [0.2, 0.25) is 5.95 Å². The molecule has 2 heterocycles. The van der Waals surface area contributed by atoms with Crippen molar-refractivity contribution < 1.29 is 14.3 Å². The van der Waals surface area contributed by atoms with Crippen LogP contribution in [-0.2, 0) is 9.47 Å². The van der Waals surface area contributed by atoms with Gasteiger partial charge in [-0.15, -0.1) is 0 Å². The van der Waals surface area contributed by atoms with Gasteiger partial charge in [0, 0.05) is 30.6 Å².